The van der Waals surface area contributed by atoms with Crippen LogP contribution in [0.1, 0.15) is 82.8 Å². The average molecular weight is 706 g/mol. The first kappa shape index (κ1) is 39.0. The number of benzene rings is 3. The maximum absolute atomic E-state index is 13.0. The second kappa shape index (κ2) is 17.9. The van der Waals surface area contributed by atoms with Crippen LogP contribution in [0.2, 0.25) is 0 Å². The number of nitrogens with zero attached hydrogens (tertiary/aromatic N) is 3. The quantitative estimate of drug-likeness (QED) is 0.0468. The summed E-state index contributed by atoms with van der Waals surface area (Å²) in [5.41, 5.74) is 5.50. The molecule has 11 heteroatoms. The topological polar surface area (TPSA) is 168 Å². The normalized spacial score (nSPS) is 13.9. The van der Waals surface area contributed by atoms with Crippen molar-refractivity contribution in [2.75, 3.05) is 19.6 Å². The van der Waals surface area contributed by atoms with Crippen molar-refractivity contribution in [1.82, 2.24) is 9.88 Å². The molecule has 0 atom stereocenters. The number of aliphatic carboxylic acids is 2. The molecule has 4 aromatic rings. The van der Waals surface area contributed by atoms with E-state index in [1.165, 1.54) is 37.1 Å². The standard InChI is InChI=1S/C37H39N3O4.C4H4O4/c1-26-34(27(2)41)36(29-13-12-18-32(25-29)40(43)44)35(28(3)42)33(38-26)19-10-11-22-39-23-20-37(21-24-39,30-14-6-4-7-15-30)31-16-8-5-9-17-31;5-3(6)1-2-4(7)8/h4-9,12-18,25H,10-11,19-24H2,1-3H3;1-2H,(H,5,6)(H,7,8). The van der Waals surface area contributed by atoms with E-state index < -0.39 is 16.9 Å². The number of carboxylic acids is 2. The number of aromatic nitrogens is 1. The number of Topliss-reactive ketones (excluding diaryl/α,β-unsaturated/α-hetero) is 2. The van der Waals surface area contributed by atoms with Crippen molar-refractivity contribution in [3.8, 4) is 11.1 Å². The van der Waals surface area contributed by atoms with Crippen LogP contribution in [0.15, 0.2) is 97.1 Å². The SMILES string of the molecule is CC(=O)c1c(C)nc(CCCCN2CCC(c3ccccc3)(c3ccccc3)CC2)c(C(C)=O)c1-c1cccc([N+](=O)[O-])c1.O=C(O)C=CC(=O)O. The molecule has 1 saturated heterocycles. The summed E-state index contributed by atoms with van der Waals surface area (Å²) in [5, 5.41) is 27.1. The summed E-state index contributed by atoms with van der Waals surface area (Å²) in [6.07, 6.45) is 5.58. The van der Waals surface area contributed by atoms with E-state index in [0.29, 0.717) is 52.2 Å². The van der Waals surface area contributed by atoms with Crippen LogP contribution < -0.4 is 0 Å². The Hall–Kier alpha value is -5.81. The largest absolute Gasteiger partial charge is 0.478 e. The van der Waals surface area contributed by atoms with E-state index in [1.807, 2.05) is 0 Å². The Kier molecular flexibility index (Phi) is 13.4. The van der Waals surface area contributed by atoms with E-state index in [1.54, 1.807) is 19.1 Å². The number of aryl methyl sites for hydroxylation is 2. The van der Waals surface area contributed by atoms with Gasteiger partial charge in [-0.05, 0) is 89.2 Å². The van der Waals surface area contributed by atoms with Crippen LogP contribution in [-0.2, 0) is 21.4 Å². The molecule has 0 aliphatic carbocycles. The molecule has 2 heterocycles. The molecular weight excluding hydrogens is 662 g/mol. The van der Waals surface area contributed by atoms with Gasteiger partial charge in [0.25, 0.3) is 5.69 Å². The number of rotatable bonds is 13. The van der Waals surface area contributed by atoms with E-state index >= 15 is 0 Å². The van der Waals surface area contributed by atoms with Gasteiger partial charge < -0.3 is 15.1 Å². The third-order valence-electron chi connectivity index (χ3n) is 9.37. The lowest BCUT2D eigenvalue weighted by Gasteiger charge is -2.43. The van der Waals surface area contributed by atoms with Gasteiger partial charge in [-0.3, -0.25) is 24.7 Å². The van der Waals surface area contributed by atoms with Crippen LogP contribution in [0.4, 0.5) is 5.69 Å². The number of carbonyl (C=O) groups is 4. The number of hydrogen-bond acceptors (Lipinski definition) is 8. The van der Waals surface area contributed by atoms with Gasteiger partial charge in [0.1, 0.15) is 0 Å². The fourth-order valence-electron chi connectivity index (χ4n) is 7.01. The van der Waals surface area contributed by atoms with Gasteiger partial charge in [-0.25, -0.2) is 9.59 Å². The Morgan fingerprint density at radius 2 is 1.35 bits per heavy atom. The highest BCUT2D eigenvalue weighted by molar-refractivity contribution is 6.10. The summed E-state index contributed by atoms with van der Waals surface area (Å²) in [4.78, 5) is 63.2. The summed E-state index contributed by atoms with van der Waals surface area (Å²) in [6.45, 7) is 7.65. The number of carboxylic acid groups (broad SMARTS) is 2. The first-order valence-electron chi connectivity index (χ1n) is 17.1. The van der Waals surface area contributed by atoms with E-state index in [4.69, 9.17) is 15.2 Å². The molecule has 1 aliphatic rings. The zero-order chi connectivity index (χ0) is 37.8. The molecule has 0 radical (unpaired) electrons. The van der Waals surface area contributed by atoms with Crippen molar-refractivity contribution >= 4 is 29.2 Å². The van der Waals surface area contributed by atoms with Crippen molar-refractivity contribution in [1.29, 1.82) is 0 Å². The lowest BCUT2D eigenvalue weighted by atomic mass is 9.68. The van der Waals surface area contributed by atoms with Gasteiger partial charge >= 0.3 is 11.9 Å². The molecule has 11 nitrogen and oxygen atoms in total. The van der Waals surface area contributed by atoms with Crippen LogP contribution in [0.3, 0.4) is 0 Å². The number of likely N-dealkylation sites (tertiary alicyclic amines) is 1. The van der Waals surface area contributed by atoms with E-state index in [-0.39, 0.29) is 22.7 Å². The summed E-state index contributed by atoms with van der Waals surface area (Å²) in [6, 6.07) is 27.8. The third kappa shape index (κ3) is 9.70. The van der Waals surface area contributed by atoms with Crippen molar-refractivity contribution in [2.24, 2.45) is 0 Å². The Bertz CT molecular complexity index is 1890. The van der Waals surface area contributed by atoms with E-state index in [2.05, 4.69) is 65.6 Å². The number of non-ortho nitro benzene ring substituents is 1. The van der Waals surface area contributed by atoms with Gasteiger partial charge in [0.15, 0.2) is 11.6 Å². The number of nitro groups is 1. The molecule has 52 heavy (non-hydrogen) atoms. The number of piperidine rings is 1. The Labute approximate surface area is 302 Å². The minimum Gasteiger partial charge on any atom is -0.478 e. The number of hydrogen-bond donors (Lipinski definition) is 2. The molecule has 2 N–H and O–H groups in total. The number of carbonyl (C=O) groups excluding carboxylic acids is 2. The summed E-state index contributed by atoms with van der Waals surface area (Å²) >= 11 is 0. The molecule has 1 fully saturated rings. The van der Waals surface area contributed by atoms with Gasteiger partial charge in [-0.2, -0.15) is 0 Å². The fraction of sp³-hybridized carbons (Fsp3) is 0.293. The van der Waals surface area contributed by atoms with Crippen LogP contribution in [0.5, 0.6) is 0 Å². The molecule has 270 valence electrons. The van der Waals surface area contributed by atoms with Crippen molar-refractivity contribution < 1.29 is 34.3 Å². The first-order chi connectivity index (χ1) is 24.8. The number of unbranched alkanes of at least 4 members (excludes halogenated alkanes) is 1. The molecule has 1 aromatic heterocycles. The van der Waals surface area contributed by atoms with Crippen LogP contribution in [-0.4, -0.2) is 68.2 Å². The van der Waals surface area contributed by atoms with E-state index in [9.17, 15) is 29.3 Å². The van der Waals surface area contributed by atoms with Gasteiger partial charge in [0, 0.05) is 52.1 Å². The van der Waals surface area contributed by atoms with Crippen LogP contribution in [0.25, 0.3) is 11.1 Å². The second-order valence-corrected chi connectivity index (χ2v) is 12.8. The molecule has 0 unspecified atom stereocenters. The summed E-state index contributed by atoms with van der Waals surface area (Å²) < 4.78 is 0. The molecule has 0 bridgehead atoms. The molecule has 1 aliphatic heterocycles. The molecule has 0 spiro atoms. The van der Waals surface area contributed by atoms with Crippen LogP contribution in [0, 0.1) is 17.0 Å². The van der Waals surface area contributed by atoms with Gasteiger partial charge in [0.05, 0.1) is 10.6 Å². The maximum atomic E-state index is 13.0. The lowest BCUT2D eigenvalue weighted by Crippen LogP contribution is -2.43. The van der Waals surface area contributed by atoms with Crippen molar-refractivity contribution in [3.05, 3.63) is 141 Å². The Morgan fingerprint density at radius 3 is 1.83 bits per heavy atom. The zero-order valence-corrected chi connectivity index (χ0v) is 29.6. The highest BCUT2D eigenvalue weighted by atomic mass is 16.6. The van der Waals surface area contributed by atoms with Crippen LogP contribution >= 0.6 is 0 Å². The fourth-order valence-corrected chi connectivity index (χ4v) is 7.01. The van der Waals surface area contributed by atoms with Gasteiger partial charge in [0.2, 0.25) is 0 Å². The molecular formula is C41H43N3O8. The summed E-state index contributed by atoms with van der Waals surface area (Å²) in [5.74, 6) is -2.94. The monoisotopic (exact) mass is 705 g/mol. The minimum absolute atomic E-state index is 0.0121. The van der Waals surface area contributed by atoms with Crippen molar-refractivity contribution in [3.63, 3.8) is 0 Å². The smallest absolute Gasteiger partial charge is 0.328 e. The molecule has 5 rings (SSSR count). The van der Waals surface area contributed by atoms with Gasteiger partial charge in [-0.1, -0.05) is 72.8 Å². The Morgan fingerprint density at radius 1 is 0.808 bits per heavy atom. The third-order valence-corrected chi connectivity index (χ3v) is 9.37. The molecule has 3 aromatic carbocycles. The number of ketones is 2. The predicted octanol–water partition coefficient (Wildman–Crippen LogP) is 7.49. The summed E-state index contributed by atoms with van der Waals surface area (Å²) in [7, 11) is 0. The van der Waals surface area contributed by atoms with Crippen molar-refractivity contribution in [2.45, 2.75) is 58.3 Å². The Balaban J connectivity index is 0.000000677. The molecule has 0 saturated carbocycles. The minimum atomic E-state index is -1.26. The second-order valence-electron chi connectivity index (χ2n) is 12.8. The zero-order valence-electron chi connectivity index (χ0n) is 29.6. The predicted molar refractivity (Wildman–Crippen MR) is 198 cm³/mol. The highest BCUT2D eigenvalue weighted by Crippen LogP contribution is 2.42. The highest BCUT2D eigenvalue weighted by Gasteiger charge is 2.37. The maximum Gasteiger partial charge on any atom is 0.328 e. The lowest BCUT2D eigenvalue weighted by molar-refractivity contribution is -0.384. The molecule has 0 amide bonds. The first-order valence-corrected chi connectivity index (χ1v) is 17.1. The average Bonchev–Trinajstić information content (AvgIpc) is 3.13. The van der Waals surface area contributed by atoms with E-state index in [0.717, 1.165) is 45.3 Å². The number of pyridine rings is 1. The number of nitro benzene ring substituents is 1. The van der Waals surface area contributed by atoms with Gasteiger partial charge in [-0.15, -0.1) is 0 Å².